The summed E-state index contributed by atoms with van der Waals surface area (Å²) < 4.78 is 11.1. The smallest absolute Gasteiger partial charge is 0.185 e. The first kappa shape index (κ1) is 19.3. The standard InChI is InChI=1S/C22H24O4/c1-6-22(2,3)18-12-14-20(25-4)17(21(18)26-5)11-13-19(24)15-7-9-16(23)10-8-15/h6-14,23H,1H2,2-5H3/b13-11+. The van der Waals surface area contributed by atoms with Crippen LogP contribution in [0.2, 0.25) is 0 Å². The second kappa shape index (κ2) is 7.91. The molecule has 0 saturated heterocycles. The number of rotatable bonds is 7. The van der Waals surface area contributed by atoms with E-state index in [1.807, 2.05) is 32.1 Å². The first-order valence-corrected chi connectivity index (χ1v) is 8.24. The summed E-state index contributed by atoms with van der Waals surface area (Å²) in [5, 5.41) is 9.34. The highest BCUT2D eigenvalue weighted by atomic mass is 16.5. The van der Waals surface area contributed by atoms with Gasteiger partial charge in [0.1, 0.15) is 17.2 Å². The first-order valence-electron chi connectivity index (χ1n) is 8.24. The second-order valence-electron chi connectivity index (χ2n) is 6.43. The van der Waals surface area contributed by atoms with Crippen molar-refractivity contribution < 1.29 is 19.4 Å². The molecule has 0 bridgehead atoms. The van der Waals surface area contributed by atoms with Crippen LogP contribution >= 0.6 is 0 Å². The van der Waals surface area contributed by atoms with Gasteiger partial charge in [-0.3, -0.25) is 4.79 Å². The van der Waals surface area contributed by atoms with Gasteiger partial charge in [-0.2, -0.15) is 0 Å². The molecule has 136 valence electrons. The Labute approximate surface area is 154 Å². The van der Waals surface area contributed by atoms with Gasteiger partial charge in [-0.25, -0.2) is 0 Å². The minimum atomic E-state index is -0.304. The van der Waals surface area contributed by atoms with E-state index in [0.29, 0.717) is 22.6 Å². The Kier molecular flexibility index (Phi) is 5.88. The molecule has 0 unspecified atom stereocenters. The van der Waals surface area contributed by atoms with Gasteiger partial charge in [-0.05, 0) is 42.5 Å². The predicted octanol–water partition coefficient (Wildman–Crippen LogP) is 4.77. The summed E-state index contributed by atoms with van der Waals surface area (Å²) in [7, 11) is 3.17. The fourth-order valence-corrected chi connectivity index (χ4v) is 2.64. The quantitative estimate of drug-likeness (QED) is 0.443. The van der Waals surface area contributed by atoms with E-state index in [4.69, 9.17) is 9.47 Å². The van der Waals surface area contributed by atoms with E-state index in [1.165, 1.54) is 18.2 Å². The van der Waals surface area contributed by atoms with Crippen LogP contribution in [0.15, 0.2) is 55.1 Å². The highest BCUT2D eigenvalue weighted by Gasteiger charge is 2.24. The van der Waals surface area contributed by atoms with E-state index in [-0.39, 0.29) is 16.9 Å². The molecule has 0 atom stereocenters. The Morgan fingerprint density at radius 3 is 2.27 bits per heavy atom. The molecule has 2 rings (SSSR count). The number of benzene rings is 2. The predicted molar refractivity (Wildman–Crippen MR) is 104 cm³/mol. The average molecular weight is 352 g/mol. The number of carbonyl (C=O) groups excluding carboxylic acids is 1. The zero-order valence-corrected chi connectivity index (χ0v) is 15.6. The van der Waals surface area contributed by atoms with Gasteiger partial charge in [-0.15, -0.1) is 6.58 Å². The SMILES string of the molecule is C=CC(C)(C)c1ccc(OC)c(/C=C/C(=O)c2ccc(O)cc2)c1OC. The summed E-state index contributed by atoms with van der Waals surface area (Å²) in [6.45, 7) is 7.98. The van der Waals surface area contributed by atoms with E-state index in [2.05, 4.69) is 6.58 Å². The number of phenols is 1. The lowest BCUT2D eigenvalue weighted by atomic mass is 9.83. The van der Waals surface area contributed by atoms with E-state index >= 15 is 0 Å². The van der Waals surface area contributed by atoms with Gasteiger partial charge >= 0.3 is 0 Å². The van der Waals surface area contributed by atoms with Crippen LogP contribution in [0.1, 0.15) is 35.3 Å². The second-order valence-corrected chi connectivity index (χ2v) is 6.43. The summed E-state index contributed by atoms with van der Waals surface area (Å²) in [6, 6.07) is 9.92. The molecule has 0 saturated carbocycles. The van der Waals surface area contributed by atoms with Crippen LogP contribution < -0.4 is 9.47 Å². The minimum absolute atomic E-state index is 0.119. The number of methoxy groups -OCH3 is 2. The van der Waals surface area contributed by atoms with Crippen molar-refractivity contribution >= 4 is 11.9 Å². The Morgan fingerprint density at radius 1 is 1.08 bits per heavy atom. The lowest BCUT2D eigenvalue weighted by Crippen LogP contribution is -2.15. The molecule has 0 heterocycles. The zero-order chi connectivity index (χ0) is 19.3. The summed E-state index contributed by atoms with van der Waals surface area (Å²) >= 11 is 0. The maximum absolute atomic E-state index is 12.4. The van der Waals surface area contributed by atoms with Crippen molar-refractivity contribution in [1.82, 2.24) is 0 Å². The van der Waals surface area contributed by atoms with Crippen molar-refractivity contribution in [3.8, 4) is 17.2 Å². The van der Waals surface area contributed by atoms with Crippen molar-refractivity contribution in [3.63, 3.8) is 0 Å². The molecule has 0 aliphatic carbocycles. The molecule has 0 radical (unpaired) electrons. The summed E-state index contributed by atoms with van der Waals surface area (Å²) in [6.07, 6.45) is 5.01. The van der Waals surface area contributed by atoms with Gasteiger partial charge in [0.05, 0.1) is 19.8 Å². The molecule has 0 aromatic heterocycles. The first-order chi connectivity index (χ1) is 12.3. The molecule has 4 heteroatoms. The Balaban J connectivity index is 2.49. The fourth-order valence-electron chi connectivity index (χ4n) is 2.64. The lowest BCUT2D eigenvalue weighted by Gasteiger charge is -2.25. The molecule has 2 aromatic rings. The van der Waals surface area contributed by atoms with Crippen LogP contribution in [0.25, 0.3) is 6.08 Å². The Morgan fingerprint density at radius 2 is 1.73 bits per heavy atom. The third-order valence-electron chi connectivity index (χ3n) is 4.34. The molecule has 2 aromatic carbocycles. The van der Waals surface area contributed by atoms with Crippen molar-refractivity contribution in [2.75, 3.05) is 14.2 Å². The van der Waals surface area contributed by atoms with E-state index in [0.717, 1.165) is 5.56 Å². The molecule has 0 spiro atoms. The topological polar surface area (TPSA) is 55.8 Å². The van der Waals surface area contributed by atoms with Gasteiger partial charge < -0.3 is 14.6 Å². The maximum atomic E-state index is 12.4. The maximum Gasteiger partial charge on any atom is 0.185 e. The van der Waals surface area contributed by atoms with Gasteiger partial charge in [0.2, 0.25) is 0 Å². The van der Waals surface area contributed by atoms with Gasteiger partial charge in [0.25, 0.3) is 0 Å². The van der Waals surface area contributed by atoms with Crippen LogP contribution in [0.5, 0.6) is 17.2 Å². The zero-order valence-electron chi connectivity index (χ0n) is 15.6. The number of phenolic OH excluding ortho intramolecular Hbond substituents is 1. The monoisotopic (exact) mass is 352 g/mol. The average Bonchev–Trinajstić information content (AvgIpc) is 2.65. The number of ether oxygens (including phenoxy) is 2. The number of carbonyl (C=O) groups is 1. The summed E-state index contributed by atoms with van der Waals surface area (Å²) in [4.78, 5) is 12.4. The Bertz CT molecular complexity index is 830. The van der Waals surface area contributed by atoms with E-state index in [9.17, 15) is 9.90 Å². The third kappa shape index (κ3) is 3.97. The minimum Gasteiger partial charge on any atom is -0.508 e. The molecule has 0 fully saturated rings. The highest BCUT2D eigenvalue weighted by Crippen LogP contribution is 2.40. The largest absolute Gasteiger partial charge is 0.508 e. The summed E-state index contributed by atoms with van der Waals surface area (Å²) in [5.41, 5.74) is 1.82. The number of ketones is 1. The van der Waals surface area contributed by atoms with E-state index < -0.39 is 0 Å². The van der Waals surface area contributed by atoms with Crippen LogP contribution in [0, 0.1) is 0 Å². The molecule has 4 nitrogen and oxygen atoms in total. The van der Waals surface area contributed by atoms with Crippen molar-refractivity contribution in [1.29, 1.82) is 0 Å². The van der Waals surface area contributed by atoms with Crippen molar-refractivity contribution in [2.24, 2.45) is 0 Å². The molecule has 0 amide bonds. The molecular weight excluding hydrogens is 328 g/mol. The van der Waals surface area contributed by atoms with Crippen LogP contribution in [-0.4, -0.2) is 25.1 Å². The van der Waals surface area contributed by atoms with Gasteiger partial charge in [0.15, 0.2) is 5.78 Å². The van der Waals surface area contributed by atoms with Gasteiger partial charge in [0, 0.05) is 16.5 Å². The molecular formula is C22H24O4. The third-order valence-corrected chi connectivity index (χ3v) is 4.34. The van der Waals surface area contributed by atoms with Crippen LogP contribution in [0.3, 0.4) is 0 Å². The summed E-state index contributed by atoms with van der Waals surface area (Å²) in [5.74, 6) is 1.19. The molecule has 0 aliphatic rings. The lowest BCUT2D eigenvalue weighted by molar-refractivity contribution is 0.104. The molecule has 1 N–H and O–H groups in total. The molecule has 0 aliphatic heterocycles. The molecule has 26 heavy (non-hydrogen) atoms. The highest BCUT2D eigenvalue weighted by molar-refractivity contribution is 6.07. The van der Waals surface area contributed by atoms with Crippen molar-refractivity contribution in [3.05, 3.63) is 71.8 Å². The normalized spacial score (nSPS) is 11.4. The number of hydrogen-bond acceptors (Lipinski definition) is 4. The Hall–Kier alpha value is -3.01. The fraction of sp³-hybridized carbons (Fsp3) is 0.227. The number of hydrogen-bond donors (Lipinski definition) is 1. The number of allylic oxidation sites excluding steroid dienone is 2. The van der Waals surface area contributed by atoms with Gasteiger partial charge in [-0.1, -0.05) is 26.0 Å². The van der Waals surface area contributed by atoms with Crippen LogP contribution in [0.4, 0.5) is 0 Å². The van der Waals surface area contributed by atoms with E-state index in [1.54, 1.807) is 32.4 Å². The number of aromatic hydroxyl groups is 1. The van der Waals surface area contributed by atoms with Crippen molar-refractivity contribution in [2.45, 2.75) is 19.3 Å². The van der Waals surface area contributed by atoms with Crippen LogP contribution in [-0.2, 0) is 5.41 Å².